The molecule has 0 aromatic heterocycles. The van der Waals surface area contributed by atoms with Gasteiger partial charge in [0, 0.05) is 30.0 Å². The highest BCUT2D eigenvalue weighted by atomic mass is 16.5. The molecule has 2 heterocycles. The van der Waals surface area contributed by atoms with E-state index in [4.69, 9.17) is 9.47 Å². The van der Waals surface area contributed by atoms with E-state index in [9.17, 15) is 9.90 Å². The monoisotopic (exact) mass is 355 g/mol. The van der Waals surface area contributed by atoms with Crippen molar-refractivity contribution in [3.8, 4) is 11.5 Å². The van der Waals surface area contributed by atoms with Gasteiger partial charge in [0.15, 0.2) is 0 Å². The molecule has 0 radical (unpaired) electrons. The second-order valence-corrected chi connectivity index (χ2v) is 7.16. The van der Waals surface area contributed by atoms with E-state index < -0.39 is 5.60 Å². The van der Waals surface area contributed by atoms with Gasteiger partial charge in [0.1, 0.15) is 17.1 Å². The Hall–Kier alpha value is -2.56. The average molecular weight is 355 g/mol. The van der Waals surface area contributed by atoms with Crippen LogP contribution in [-0.4, -0.2) is 29.5 Å². The summed E-state index contributed by atoms with van der Waals surface area (Å²) in [4.78, 5) is 16.1. The van der Waals surface area contributed by atoms with E-state index in [1.54, 1.807) is 12.4 Å². The van der Waals surface area contributed by atoms with Crippen LogP contribution < -0.4 is 4.74 Å². The average Bonchev–Trinajstić information content (AvgIpc) is 2.65. The molecule has 0 aliphatic carbocycles. The first-order valence-corrected chi connectivity index (χ1v) is 8.88. The van der Waals surface area contributed by atoms with Gasteiger partial charge < -0.3 is 14.6 Å². The molecule has 5 nitrogen and oxygen atoms in total. The molecule has 0 saturated heterocycles. The van der Waals surface area contributed by atoms with Crippen LogP contribution in [-0.2, 0) is 9.53 Å². The van der Waals surface area contributed by atoms with E-state index in [0.29, 0.717) is 18.6 Å². The molecule has 2 aliphatic rings. The molecule has 0 amide bonds. The number of ether oxygens (including phenoxy) is 2. The molecule has 138 valence electrons. The normalized spacial score (nSPS) is 23.5. The molecule has 1 N–H and O–H groups in total. The Morgan fingerprint density at radius 3 is 2.81 bits per heavy atom. The lowest BCUT2D eigenvalue weighted by atomic mass is 9.91. The molecule has 26 heavy (non-hydrogen) atoms. The van der Waals surface area contributed by atoms with Gasteiger partial charge in [-0.3, -0.25) is 9.79 Å². The lowest BCUT2D eigenvalue weighted by molar-refractivity contribution is -0.146. The summed E-state index contributed by atoms with van der Waals surface area (Å²) in [5.41, 5.74) is 2.92. The number of allylic oxidation sites excluding steroid dienone is 1. The zero-order valence-corrected chi connectivity index (χ0v) is 15.7. The lowest BCUT2D eigenvalue weighted by Crippen LogP contribution is -2.34. The predicted octanol–water partition coefficient (Wildman–Crippen LogP) is 4.02. The third-order valence-corrected chi connectivity index (χ3v) is 5.19. The number of aliphatic imine (C=N–C) groups is 1. The number of hydrogen-bond acceptors (Lipinski definition) is 5. The van der Waals surface area contributed by atoms with Crippen molar-refractivity contribution in [2.75, 3.05) is 6.61 Å². The molecule has 5 heteroatoms. The number of rotatable bonds is 4. The van der Waals surface area contributed by atoms with Crippen LogP contribution >= 0.6 is 0 Å². The van der Waals surface area contributed by atoms with E-state index in [2.05, 4.69) is 4.99 Å². The van der Waals surface area contributed by atoms with Gasteiger partial charge in [-0.05, 0) is 51.3 Å². The first kappa shape index (κ1) is 18.2. The second kappa shape index (κ2) is 6.98. The third kappa shape index (κ3) is 3.39. The van der Waals surface area contributed by atoms with Gasteiger partial charge in [0.2, 0.25) is 0 Å². The Balaban J connectivity index is 1.67. The third-order valence-electron chi connectivity index (χ3n) is 5.19. The zero-order valence-electron chi connectivity index (χ0n) is 15.7. The van der Waals surface area contributed by atoms with Gasteiger partial charge in [-0.1, -0.05) is 12.2 Å². The summed E-state index contributed by atoms with van der Waals surface area (Å²) >= 11 is 0. The molecular weight excluding hydrogens is 330 g/mol. The van der Waals surface area contributed by atoms with Crippen molar-refractivity contribution >= 4 is 18.3 Å². The van der Waals surface area contributed by atoms with Crippen molar-refractivity contribution in [2.45, 2.75) is 46.1 Å². The Morgan fingerprint density at radius 1 is 1.35 bits per heavy atom. The summed E-state index contributed by atoms with van der Waals surface area (Å²) in [6.45, 7) is 7.97. The minimum atomic E-state index is -0.561. The molecule has 1 aromatic rings. The zero-order chi connectivity index (χ0) is 18.9. The maximum Gasteiger partial charge on any atom is 0.314 e. The fourth-order valence-corrected chi connectivity index (χ4v) is 3.22. The van der Waals surface area contributed by atoms with E-state index in [0.717, 1.165) is 28.0 Å². The molecule has 0 saturated carbocycles. The number of phenols is 1. The van der Waals surface area contributed by atoms with Crippen molar-refractivity contribution in [1.82, 2.24) is 0 Å². The Bertz CT molecular complexity index is 822. The minimum Gasteiger partial charge on any atom is -0.507 e. The van der Waals surface area contributed by atoms with Crippen LogP contribution in [0.25, 0.3) is 6.08 Å². The van der Waals surface area contributed by atoms with Crippen LogP contribution in [0, 0.1) is 26.7 Å². The fourth-order valence-electron chi connectivity index (χ4n) is 3.22. The van der Waals surface area contributed by atoms with Crippen molar-refractivity contribution in [3.05, 3.63) is 40.6 Å². The largest absolute Gasteiger partial charge is 0.507 e. The lowest BCUT2D eigenvalue weighted by Gasteiger charge is -2.34. The standard InChI is InChI=1S/C21H25NO4/c1-13-14(2)19-17(15(3)18(13)23)7-8-21(4,26-19)9-11-25-20(24)16-6-5-10-22-12-16/h5,7-8,10,12,16,23H,6,9,11H2,1-4H3. The van der Waals surface area contributed by atoms with Crippen LogP contribution in [0.5, 0.6) is 11.5 Å². The van der Waals surface area contributed by atoms with Crippen LogP contribution in [0.15, 0.2) is 23.3 Å². The smallest absolute Gasteiger partial charge is 0.314 e. The summed E-state index contributed by atoms with van der Waals surface area (Å²) in [7, 11) is 0. The first-order chi connectivity index (χ1) is 12.3. The molecule has 2 atom stereocenters. The highest BCUT2D eigenvalue weighted by Crippen LogP contribution is 2.42. The molecule has 0 bridgehead atoms. The topological polar surface area (TPSA) is 68.1 Å². The summed E-state index contributed by atoms with van der Waals surface area (Å²) < 4.78 is 11.7. The van der Waals surface area contributed by atoms with Crippen LogP contribution in [0.4, 0.5) is 0 Å². The highest BCUT2D eigenvalue weighted by Gasteiger charge is 2.31. The van der Waals surface area contributed by atoms with Gasteiger partial charge in [-0.25, -0.2) is 0 Å². The van der Waals surface area contributed by atoms with Crippen molar-refractivity contribution in [3.63, 3.8) is 0 Å². The van der Waals surface area contributed by atoms with Gasteiger partial charge in [-0.15, -0.1) is 0 Å². The van der Waals surface area contributed by atoms with Gasteiger partial charge in [0.25, 0.3) is 0 Å². The summed E-state index contributed by atoms with van der Waals surface area (Å²) in [6.07, 6.45) is 10.3. The van der Waals surface area contributed by atoms with Gasteiger partial charge in [0.05, 0.1) is 12.5 Å². The number of hydrogen-bond donors (Lipinski definition) is 1. The quantitative estimate of drug-likeness (QED) is 0.828. The fraction of sp³-hybridized carbons (Fsp3) is 0.429. The van der Waals surface area contributed by atoms with Crippen LogP contribution in [0.3, 0.4) is 0 Å². The van der Waals surface area contributed by atoms with Crippen molar-refractivity contribution in [1.29, 1.82) is 0 Å². The van der Waals surface area contributed by atoms with E-state index in [1.807, 2.05) is 45.9 Å². The number of carbonyl (C=O) groups is 1. The summed E-state index contributed by atoms with van der Waals surface area (Å²) in [6, 6.07) is 0. The Morgan fingerprint density at radius 2 is 2.12 bits per heavy atom. The number of fused-ring (bicyclic) bond motifs is 1. The minimum absolute atomic E-state index is 0.255. The predicted molar refractivity (Wildman–Crippen MR) is 102 cm³/mol. The molecule has 2 unspecified atom stereocenters. The molecule has 2 aliphatic heterocycles. The van der Waals surface area contributed by atoms with Crippen LogP contribution in [0.2, 0.25) is 0 Å². The van der Waals surface area contributed by atoms with E-state index in [1.165, 1.54) is 0 Å². The maximum absolute atomic E-state index is 12.1. The number of phenolic OH excluding ortho intramolecular Hbond substituents is 1. The number of nitrogens with zero attached hydrogens (tertiary/aromatic N) is 1. The van der Waals surface area contributed by atoms with Gasteiger partial charge >= 0.3 is 5.97 Å². The Kier molecular flexibility index (Phi) is 4.90. The molecular formula is C21H25NO4. The van der Waals surface area contributed by atoms with E-state index >= 15 is 0 Å². The number of carbonyl (C=O) groups excluding carboxylic acids is 1. The summed E-state index contributed by atoms with van der Waals surface area (Å²) in [5.74, 6) is 0.551. The van der Waals surface area contributed by atoms with Crippen molar-refractivity contribution in [2.24, 2.45) is 10.9 Å². The SMILES string of the molecule is Cc1c(C)c2c(c(C)c1O)C=CC(C)(CCOC(=O)C1C=NC=CC1)O2. The highest BCUT2D eigenvalue weighted by molar-refractivity contribution is 5.90. The van der Waals surface area contributed by atoms with Crippen LogP contribution in [0.1, 0.15) is 42.0 Å². The first-order valence-electron chi connectivity index (χ1n) is 8.88. The van der Waals surface area contributed by atoms with E-state index in [-0.39, 0.29) is 18.5 Å². The molecule has 0 fully saturated rings. The van der Waals surface area contributed by atoms with Gasteiger partial charge in [-0.2, -0.15) is 0 Å². The number of benzene rings is 1. The number of esters is 1. The Labute approximate surface area is 154 Å². The molecule has 3 rings (SSSR count). The summed E-state index contributed by atoms with van der Waals surface area (Å²) in [5, 5.41) is 10.2. The second-order valence-electron chi connectivity index (χ2n) is 7.16. The number of aromatic hydroxyl groups is 1. The van der Waals surface area contributed by atoms with Crippen molar-refractivity contribution < 1.29 is 19.4 Å². The molecule has 1 aromatic carbocycles. The molecule has 0 spiro atoms. The maximum atomic E-state index is 12.1.